The number of ether oxygens (including phenoxy) is 1. The first-order chi connectivity index (χ1) is 13.2. The Hall–Kier alpha value is -2.41. The number of thiophene rings is 1. The second-order valence-electron chi connectivity index (χ2n) is 6.43. The summed E-state index contributed by atoms with van der Waals surface area (Å²) in [6.07, 6.45) is 4.02. The van der Waals surface area contributed by atoms with Crippen molar-refractivity contribution in [1.82, 2.24) is 9.88 Å². The lowest BCUT2D eigenvalue weighted by Gasteiger charge is -2.35. The third kappa shape index (κ3) is 5.29. The molecule has 2 aromatic rings. The number of piperazine rings is 1. The minimum atomic E-state index is -0.352. The Labute approximate surface area is 163 Å². The molecule has 2 aromatic heterocycles. The molecule has 1 saturated heterocycles. The first-order valence-electron chi connectivity index (χ1n) is 9.35. The molecule has 27 heavy (non-hydrogen) atoms. The van der Waals surface area contributed by atoms with Crippen LogP contribution in [0.3, 0.4) is 0 Å². The van der Waals surface area contributed by atoms with E-state index >= 15 is 0 Å². The van der Waals surface area contributed by atoms with Gasteiger partial charge in [-0.25, -0.2) is 9.78 Å². The van der Waals surface area contributed by atoms with Gasteiger partial charge in [-0.05, 0) is 43.3 Å². The minimum absolute atomic E-state index is 0.233. The number of esters is 1. The molecule has 1 fully saturated rings. The van der Waals surface area contributed by atoms with Gasteiger partial charge in [-0.15, -0.1) is 11.3 Å². The van der Waals surface area contributed by atoms with Gasteiger partial charge < -0.3 is 14.5 Å². The van der Waals surface area contributed by atoms with Crippen LogP contribution in [0.15, 0.2) is 35.8 Å². The molecule has 6 nitrogen and oxygen atoms in total. The molecule has 0 bridgehead atoms. The number of amides is 1. The van der Waals surface area contributed by atoms with Gasteiger partial charge in [-0.2, -0.15) is 0 Å². The van der Waals surface area contributed by atoms with Gasteiger partial charge in [0.1, 0.15) is 5.82 Å². The van der Waals surface area contributed by atoms with Crippen molar-refractivity contribution in [3.8, 4) is 0 Å². The maximum atomic E-state index is 12.4. The van der Waals surface area contributed by atoms with E-state index in [-0.39, 0.29) is 11.9 Å². The fraction of sp³-hybridized carbons (Fsp3) is 0.450. The lowest BCUT2D eigenvalue weighted by Crippen LogP contribution is -2.49. The highest BCUT2D eigenvalue weighted by atomic mass is 32.1. The van der Waals surface area contributed by atoms with Gasteiger partial charge in [0, 0.05) is 43.7 Å². The van der Waals surface area contributed by atoms with Crippen molar-refractivity contribution in [1.29, 1.82) is 0 Å². The number of nitrogens with zero attached hydrogens (tertiary/aromatic N) is 3. The van der Waals surface area contributed by atoms with Crippen LogP contribution in [0.1, 0.15) is 35.0 Å². The lowest BCUT2D eigenvalue weighted by molar-refractivity contribution is -0.131. The van der Waals surface area contributed by atoms with Gasteiger partial charge >= 0.3 is 5.97 Å². The van der Waals surface area contributed by atoms with Crippen LogP contribution in [0.25, 0.3) is 0 Å². The van der Waals surface area contributed by atoms with Crippen LogP contribution >= 0.6 is 11.3 Å². The number of pyridine rings is 1. The molecule has 3 rings (SSSR count). The Balaban J connectivity index is 1.44. The van der Waals surface area contributed by atoms with Crippen molar-refractivity contribution < 1.29 is 14.3 Å². The summed E-state index contributed by atoms with van der Waals surface area (Å²) in [5.41, 5.74) is 0.458. The highest BCUT2D eigenvalue weighted by molar-refractivity contribution is 7.09. The zero-order valence-corrected chi connectivity index (χ0v) is 16.4. The molecular weight excluding hydrogens is 362 g/mol. The Morgan fingerprint density at radius 2 is 2.00 bits per heavy atom. The second kappa shape index (κ2) is 9.50. The van der Waals surface area contributed by atoms with E-state index in [4.69, 9.17) is 4.74 Å². The number of rotatable bonds is 7. The summed E-state index contributed by atoms with van der Waals surface area (Å²) >= 11 is 1.75. The lowest BCUT2D eigenvalue weighted by atomic mass is 10.2. The molecule has 144 valence electrons. The average molecular weight is 388 g/mol. The summed E-state index contributed by atoms with van der Waals surface area (Å²) in [5.74, 6) is 0.708. The van der Waals surface area contributed by atoms with E-state index in [1.807, 2.05) is 17.0 Å². The zero-order valence-electron chi connectivity index (χ0n) is 15.6. The van der Waals surface area contributed by atoms with Gasteiger partial charge in [-0.1, -0.05) is 6.07 Å². The average Bonchev–Trinajstić information content (AvgIpc) is 3.22. The van der Waals surface area contributed by atoms with Gasteiger partial charge in [-0.3, -0.25) is 4.79 Å². The molecule has 0 saturated carbocycles. The highest BCUT2D eigenvalue weighted by Gasteiger charge is 2.21. The third-order valence-corrected chi connectivity index (χ3v) is 5.55. The van der Waals surface area contributed by atoms with E-state index < -0.39 is 0 Å². The predicted molar refractivity (Wildman–Crippen MR) is 106 cm³/mol. The van der Waals surface area contributed by atoms with Gasteiger partial charge in [0.15, 0.2) is 0 Å². The molecule has 0 spiro atoms. The molecule has 0 aromatic carbocycles. The molecule has 1 aliphatic heterocycles. The number of anilines is 1. The molecule has 3 heterocycles. The smallest absolute Gasteiger partial charge is 0.339 e. The van der Waals surface area contributed by atoms with Crippen molar-refractivity contribution in [2.24, 2.45) is 0 Å². The maximum absolute atomic E-state index is 12.4. The molecular formula is C20H25N3O3S. The monoisotopic (exact) mass is 387 g/mol. The fourth-order valence-electron chi connectivity index (χ4n) is 3.12. The first kappa shape index (κ1) is 19.4. The first-order valence-corrected chi connectivity index (χ1v) is 10.2. The van der Waals surface area contributed by atoms with Crippen LogP contribution in [-0.2, 0) is 16.0 Å². The summed E-state index contributed by atoms with van der Waals surface area (Å²) in [4.78, 5) is 33.9. The normalized spacial score (nSPS) is 14.3. The Kier molecular flexibility index (Phi) is 6.81. The van der Waals surface area contributed by atoms with E-state index in [9.17, 15) is 9.59 Å². The second-order valence-corrected chi connectivity index (χ2v) is 7.46. The number of hydrogen-bond acceptors (Lipinski definition) is 6. The van der Waals surface area contributed by atoms with Crippen LogP contribution in [0.2, 0.25) is 0 Å². The van der Waals surface area contributed by atoms with Crippen molar-refractivity contribution in [2.45, 2.75) is 26.2 Å². The highest BCUT2D eigenvalue weighted by Crippen LogP contribution is 2.16. The Morgan fingerprint density at radius 1 is 1.19 bits per heavy atom. The quantitative estimate of drug-likeness (QED) is 0.684. The van der Waals surface area contributed by atoms with E-state index in [0.717, 1.165) is 31.7 Å². The molecule has 1 aliphatic rings. The maximum Gasteiger partial charge on any atom is 0.339 e. The van der Waals surface area contributed by atoms with Gasteiger partial charge in [0.05, 0.1) is 12.2 Å². The third-order valence-electron chi connectivity index (χ3n) is 4.61. The summed E-state index contributed by atoms with van der Waals surface area (Å²) in [6.45, 7) is 5.05. The minimum Gasteiger partial charge on any atom is -0.462 e. The molecule has 0 atom stereocenters. The SMILES string of the molecule is CCOC(=O)c1ccc(N2CCN(C(=O)CCCc3cccs3)CC2)nc1. The summed E-state index contributed by atoms with van der Waals surface area (Å²) in [5, 5.41) is 2.07. The molecule has 0 unspecified atom stereocenters. The van der Waals surface area contributed by atoms with Gasteiger partial charge in [0.25, 0.3) is 0 Å². The van der Waals surface area contributed by atoms with Crippen molar-refractivity contribution in [2.75, 3.05) is 37.7 Å². The molecule has 0 aliphatic carbocycles. The fourth-order valence-corrected chi connectivity index (χ4v) is 3.87. The molecule has 0 radical (unpaired) electrons. The summed E-state index contributed by atoms with van der Waals surface area (Å²) < 4.78 is 4.97. The zero-order chi connectivity index (χ0) is 19.1. The van der Waals surface area contributed by atoms with Gasteiger partial charge in [0.2, 0.25) is 5.91 Å². The number of carbonyl (C=O) groups is 2. The van der Waals surface area contributed by atoms with Crippen molar-refractivity contribution >= 4 is 29.0 Å². The van der Waals surface area contributed by atoms with Crippen LogP contribution in [0, 0.1) is 0 Å². The molecule has 7 heteroatoms. The van der Waals surface area contributed by atoms with E-state index in [0.29, 0.717) is 31.7 Å². The van der Waals surface area contributed by atoms with E-state index in [1.165, 1.54) is 4.88 Å². The van der Waals surface area contributed by atoms with Crippen LogP contribution in [0.5, 0.6) is 0 Å². The van der Waals surface area contributed by atoms with E-state index in [1.54, 1.807) is 30.5 Å². The number of aryl methyl sites for hydroxylation is 1. The Morgan fingerprint density at radius 3 is 2.63 bits per heavy atom. The summed E-state index contributed by atoms with van der Waals surface area (Å²) in [7, 11) is 0. The van der Waals surface area contributed by atoms with E-state index in [2.05, 4.69) is 21.3 Å². The van der Waals surface area contributed by atoms with Crippen LogP contribution in [-0.4, -0.2) is 54.5 Å². The predicted octanol–water partition coefficient (Wildman–Crippen LogP) is 2.99. The molecule has 0 N–H and O–H groups in total. The Bertz CT molecular complexity index is 738. The van der Waals surface area contributed by atoms with Crippen LogP contribution in [0.4, 0.5) is 5.82 Å². The standard InChI is InChI=1S/C20H25N3O3S/c1-2-26-20(25)16-8-9-18(21-15-16)22-10-12-23(13-11-22)19(24)7-3-5-17-6-4-14-27-17/h4,6,8-9,14-15H,2-3,5,7,10-13H2,1H3. The number of carbonyl (C=O) groups excluding carboxylic acids is 2. The van der Waals surface area contributed by atoms with Crippen molar-refractivity contribution in [3.05, 3.63) is 46.3 Å². The number of aromatic nitrogens is 1. The topological polar surface area (TPSA) is 62.7 Å². The number of hydrogen-bond donors (Lipinski definition) is 0. The summed E-state index contributed by atoms with van der Waals surface area (Å²) in [6, 6.07) is 7.75. The largest absolute Gasteiger partial charge is 0.462 e. The molecule has 1 amide bonds. The van der Waals surface area contributed by atoms with Crippen molar-refractivity contribution in [3.63, 3.8) is 0 Å². The van der Waals surface area contributed by atoms with Crippen LogP contribution < -0.4 is 4.90 Å².